The topological polar surface area (TPSA) is 53.1 Å². The molecule has 188 valence electrons. The van der Waals surface area contributed by atoms with E-state index < -0.39 is 0 Å². The summed E-state index contributed by atoms with van der Waals surface area (Å²) >= 11 is 0. The van der Waals surface area contributed by atoms with Crippen LogP contribution in [0.5, 0.6) is 0 Å². The van der Waals surface area contributed by atoms with E-state index in [0.717, 1.165) is 57.2 Å². The van der Waals surface area contributed by atoms with Gasteiger partial charge >= 0.3 is 0 Å². The van der Waals surface area contributed by atoms with Gasteiger partial charge in [0.2, 0.25) is 11.8 Å². The number of ether oxygens (including phenoxy) is 1. The van der Waals surface area contributed by atoms with Gasteiger partial charge in [0.15, 0.2) is 0 Å². The minimum atomic E-state index is -0.252. The predicted molar refractivity (Wildman–Crippen MR) is 130 cm³/mol. The fourth-order valence-electron chi connectivity index (χ4n) is 5.84. The average Bonchev–Trinajstić information content (AvgIpc) is 2.83. The van der Waals surface area contributed by atoms with Gasteiger partial charge in [0.05, 0.1) is 18.8 Å². The Morgan fingerprint density at radius 3 is 2.21 bits per heavy atom. The van der Waals surface area contributed by atoms with Crippen LogP contribution in [0.25, 0.3) is 0 Å². The van der Waals surface area contributed by atoms with Crippen molar-refractivity contribution in [2.45, 2.75) is 83.6 Å². The molecule has 0 radical (unpaired) electrons. The molecule has 0 spiro atoms. The summed E-state index contributed by atoms with van der Waals surface area (Å²) < 4.78 is 19.1. The standard InChI is InChI=1S/C27H40FN3O3/c1-20-16-30(17-21(2)34-20)27(33)23-12-14-29(15-13-23)19-26(32)31(25-6-4-3-5-7-25)18-22-8-10-24(28)11-9-22/h8-11,20-21,23,25H,3-7,12-19H2,1-2H3. The summed E-state index contributed by atoms with van der Waals surface area (Å²) in [6.45, 7) is 7.85. The molecule has 0 N–H and O–H groups in total. The van der Waals surface area contributed by atoms with Crippen LogP contribution >= 0.6 is 0 Å². The molecule has 3 aliphatic rings. The second kappa shape index (κ2) is 11.6. The molecule has 2 heterocycles. The van der Waals surface area contributed by atoms with Crippen molar-refractivity contribution in [2.75, 3.05) is 32.7 Å². The minimum Gasteiger partial charge on any atom is -0.372 e. The first kappa shape index (κ1) is 25.1. The van der Waals surface area contributed by atoms with E-state index >= 15 is 0 Å². The number of carbonyl (C=O) groups is 2. The Balaban J connectivity index is 1.32. The number of amides is 2. The fourth-order valence-corrected chi connectivity index (χ4v) is 5.84. The van der Waals surface area contributed by atoms with Gasteiger partial charge in [-0.2, -0.15) is 0 Å². The van der Waals surface area contributed by atoms with Crippen molar-refractivity contribution in [2.24, 2.45) is 5.92 Å². The molecule has 1 aliphatic carbocycles. The van der Waals surface area contributed by atoms with E-state index in [4.69, 9.17) is 4.74 Å². The van der Waals surface area contributed by atoms with Crippen LogP contribution in [0.3, 0.4) is 0 Å². The molecule has 2 atom stereocenters. The number of hydrogen-bond acceptors (Lipinski definition) is 4. The maximum Gasteiger partial charge on any atom is 0.237 e. The van der Waals surface area contributed by atoms with Crippen molar-refractivity contribution in [1.82, 2.24) is 14.7 Å². The third-order valence-corrected chi connectivity index (χ3v) is 7.63. The second-order valence-electron chi connectivity index (χ2n) is 10.5. The average molecular weight is 474 g/mol. The summed E-state index contributed by atoms with van der Waals surface area (Å²) in [6.07, 6.45) is 7.39. The van der Waals surface area contributed by atoms with Crippen molar-refractivity contribution < 1.29 is 18.7 Å². The molecule has 2 saturated heterocycles. The molecule has 34 heavy (non-hydrogen) atoms. The van der Waals surface area contributed by atoms with Crippen molar-refractivity contribution >= 4 is 11.8 Å². The highest BCUT2D eigenvalue weighted by atomic mass is 19.1. The predicted octanol–water partition coefficient (Wildman–Crippen LogP) is 3.83. The summed E-state index contributed by atoms with van der Waals surface area (Å²) in [5.41, 5.74) is 0.971. The van der Waals surface area contributed by atoms with Gasteiger partial charge < -0.3 is 14.5 Å². The summed E-state index contributed by atoms with van der Waals surface area (Å²) in [7, 11) is 0. The molecule has 0 bridgehead atoms. The second-order valence-corrected chi connectivity index (χ2v) is 10.5. The van der Waals surface area contributed by atoms with Gasteiger partial charge in [-0.25, -0.2) is 4.39 Å². The van der Waals surface area contributed by atoms with E-state index in [1.54, 1.807) is 12.1 Å². The maximum absolute atomic E-state index is 13.4. The van der Waals surface area contributed by atoms with Crippen LogP contribution in [0.4, 0.5) is 4.39 Å². The summed E-state index contributed by atoms with van der Waals surface area (Å²) in [5, 5.41) is 0. The Hall–Kier alpha value is -1.99. The first-order valence-electron chi connectivity index (χ1n) is 13.1. The lowest BCUT2D eigenvalue weighted by Gasteiger charge is -2.40. The Morgan fingerprint density at radius 2 is 1.59 bits per heavy atom. The van der Waals surface area contributed by atoms with Gasteiger partial charge in [-0.1, -0.05) is 31.4 Å². The van der Waals surface area contributed by atoms with Crippen LogP contribution < -0.4 is 0 Å². The van der Waals surface area contributed by atoms with Gasteiger partial charge in [0, 0.05) is 31.6 Å². The molecular weight excluding hydrogens is 433 g/mol. The van der Waals surface area contributed by atoms with Gasteiger partial charge in [0.25, 0.3) is 0 Å². The highest BCUT2D eigenvalue weighted by Gasteiger charge is 2.34. The molecular formula is C27H40FN3O3. The molecule has 1 saturated carbocycles. The highest BCUT2D eigenvalue weighted by molar-refractivity contribution is 5.80. The van der Waals surface area contributed by atoms with Gasteiger partial charge in [-0.05, 0) is 70.3 Å². The number of hydrogen-bond donors (Lipinski definition) is 0. The molecule has 2 amide bonds. The molecule has 4 rings (SSSR count). The molecule has 7 heteroatoms. The Kier molecular flexibility index (Phi) is 8.59. The fraction of sp³-hybridized carbons (Fsp3) is 0.704. The maximum atomic E-state index is 13.4. The first-order chi connectivity index (χ1) is 16.4. The zero-order valence-corrected chi connectivity index (χ0v) is 20.8. The molecule has 2 unspecified atom stereocenters. The first-order valence-corrected chi connectivity index (χ1v) is 13.1. The van der Waals surface area contributed by atoms with E-state index in [9.17, 15) is 14.0 Å². The molecule has 0 aromatic heterocycles. The monoisotopic (exact) mass is 473 g/mol. The van der Waals surface area contributed by atoms with E-state index in [0.29, 0.717) is 26.2 Å². The van der Waals surface area contributed by atoms with E-state index in [-0.39, 0.29) is 41.8 Å². The van der Waals surface area contributed by atoms with Crippen LogP contribution in [0.15, 0.2) is 24.3 Å². The number of likely N-dealkylation sites (tertiary alicyclic amines) is 1. The third-order valence-electron chi connectivity index (χ3n) is 7.63. The summed E-state index contributed by atoms with van der Waals surface area (Å²) in [5.74, 6) is 0.181. The minimum absolute atomic E-state index is 0.0394. The van der Waals surface area contributed by atoms with Crippen molar-refractivity contribution in [1.29, 1.82) is 0 Å². The molecule has 2 aliphatic heterocycles. The van der Waals surface area contributed by atoms with Crippen LogP contribution in [0.1, 0.15) is 64.4 Å². The number of nitrogens with zero attached hydrogens (tertiary/aromatic N) is 3. The van der Waals surface area contributed by atoms with Gasteiger partial charge in [0.1, 0.15) is 5.82 Å². The number of morpholine rings is 1. The number of halogens is 1. The van der Waals surface area contributed by atoms with Crippen LogP contribution in [-0.4, -0.2) is 77.5 Å². The Labute approximate surface area is 203 Å². The number of benzene rings is 1. The van der Waals surface area contributed by atoms with Crippen LogP contribution in [0, 0.1) is 11.7 Å². The molecule has 1 aromatic carbocycles. The van der Waals surface area contributed by atoms with Crippen LogP contribution in [-0.2, 0) is 20.9 Å². The third kappa shape index (κ3) is 6.57. The van der Waals surface area contributed by atoms with Crippen molar-refractivity contribution in [3.05, 3.63) is 35.6 Å². The zero-order chi connectivity index (χ0) is 24.1. The van der Waals surface area contributed by atoms with Crippen molar-refractivity contribution in [3.8, 4) is 0 Å². The smallest absolute Gasteiger partial charge is 0.237 e. The normalized spacial score (nSPS) is 25.3. The lowest BCUT2D eigenvalue weighted by Crippen LogP contribution is -2.52. The van der Waals surface area contributed by atoms with Crippen molar-refractivity contribution in [3.63, 3.8) is 0 Å². The number of carbonyl (C=O) groups excluding carboxylic acids is 2. The lowest BCUT2D eigenvalue weighted by molar-refractivity contribution is -0.149. The van der Waals surface area contributed by atoms with Crippen LogP contribution in [0.2, 0.25) is 0 Å². The van der Waals surface area contributed by atoms with Gasteiger partial charge in [-0.3, -0.25) is 14.5 Å². The highest BCUT2D eigenvalue weighted by Crippen LogP contribution is 2.26. The molecule has 3 fully saturated rings. The lowest BCUT2D eigenvalue weighted by atomic mass is 9.93. The van der Waals surface area contributed by atoms with E-state index in [1.165, 1.54) is 18.6 Å². The largest absolute Gasteiger partial charge is 0.372 e. The Morgan fingerprint density at radius 1 is 0.971 bits per heavy atom. The van der Waals surface area contributed by atoms with E-state index in [2.05, 4.69) is 4.90 Å². The Bertz CT molecular complexity index is 809. The number of piperidine rings is 1. The zero-order valence-electron chi connectivity index (χ0n) is 20.8. The van der Waals surface area contributed by atoms with E-state index in [1.807, 2.05) is 23.6 Å². The molecule has 6 nitrogen and oxygen atoms in total. The SMILES string of the molecule is CC1CN(C(=O)C2CCN(CC(=O)N(Cc3ccc(F)cc3)C3CCCCC3)CC2)CC(C)O1. The quantitative estimate of drug-likeness (QED) is 0.630. The number of rotatable bonds is 6. The van der Waals surface area contributed by atoms with Gasteiger partial charge in [-0.15, -0.1) is 0 Å². The molecule has 1 aromatic rings. The summed E-state index contributed by atoms with van der Waals surface area (Å²) in [4.78, 5) is 32.7. The summed E-state index contributed by atoms with van der Waals surface area (Å²) in [6, 6.07) is 6.76.